The minimum atomic E-state index is 0.716. The van der Waals surface area contributed by atoms with Gasteiger partial charge in [0.25, 0.3) is 0 Å². The lowest BCUT2D eigenvalue weighted by Gasteiger charge is -2.34. The van der Waals surface area contributed by atoms with Gasteiger partial charge in [-0.3, -0.25) is 4.90 Å². The van der Waals surface area contributed by atoms with E-state index in [1.807, 2.05) is 0 Å². The summed E-state index contributed by atoms with van der Waals surface area (Å²) in [5.74, 6) is 0. The molecule has 2 nitrogen and oxygen atoms in total. The van der Waals surface area contributed by atoms with E-state index >= 15 is 0 Å². The second kappa shape index (κ2) is 8.08. The maximum absolute atomic E-state index is 3.76. The van der Waals surface area contributed by atoms with Gasteiger partial charge in [-0.25, -0.2) is 0 Å². The van der Waals surface area contributed by atoms with Crippen LogP contribution in [0.4, 0.5) is 0 Å². The van der Waals surface area contributed by atoms with Crippen molar-refractivity contribution in [1.82, 2.24) is 10.2 Å². The van der Waals surface area contributed by atoms with Crippen LogP contribution >= 0.6 is 0 Å². The van der Waals surface area contributed by atoms with Gasteiger partial charge in [0.1, 0.15) is 0 Å². The zero-order valence-corrected chi connectivity index (χ0v) is 11.5. The van der Waals surface area contributed by atoms with Crippen LogP contribution in [0.3, 0.4) is 0 Å². The van der Waals surface area contributed by atoms with E-state index in [0.717, 1.165) is 6.04 Å². The third kappa shape index (κ3) is 4.06. The summed E-state index contributed by atoms with van der Waals surface area (Å²) in [6, 6.07) is 1.49. The molecule has 1 saturated heterocycles. The van der Waals surface area contributed by atoms with Crippen molar-refractivity contribution in [1.29, 1.82) is 0 Å². The zero-order chi connectivity index (χ0) is 11.8. The second-order valence-corrected chi connectivity index (χ2v) is 5.07. The first kappa shape index (κ1) is 14.0. The molecule has 2 unspecified atom stereocenters. The molecule has 1 rings (SSSR count). The normalized spacial score (nSPS) is 21.2. The first-order valence-electron chi connectivity index (χ1n) is 7.30. The fourth-order valence-electron chi connectivity index (χ4n) is 2.94. The standard InChI is InChI=1S/C14H30N2/c1-4-9-13(15-10-5-2)14(6-3)16-11-7-8-12-16/h13-15H,4-12H2,1-3H3. The zero-order valence-electron chi connectivity index (χ0n) is 11.5. The SMILES string of the molecule is CCCNC(CCC)C(CC)N1CCCC1. The van der Waals surface area contributed by atoms with Gasteiger partial charge < -0.3 is 5.32 Å². The minimum absolute atomic E-state index is 0.716. The molecule has 0 aromatic heterocycles. The third-order valence-electron chi connectivity index (χ3n) is 3.75. The van der Waals surface area contributed by atoms with Crippen molar-refractivity contribution < 1.29 is 0 Å². The average molecular weight is 226 g/mol. The first-order chi connectivity index (χ1) is 7.83. The van der Waals surface area contributed by atoms with E-state index in [2.05, 4.69) is 31.0 Å². The molecule has 1 aliphatic rings. The molecule has 0 radical (unpaired) electrons. The van der Waals surface area contributed by atoms with Gasteiger partial charge in [-0.1, -0.05) is 27.2 Å². The summed E-state index contributed by atoms with van der Waals surface area (Å²) < 4.78 is 0. The van der Waals surface area contributed by atoms with Gasteiger partial charge >= 0.3 is 0 Å². The maximum Gasteiger partial charge on any atom is 0.0246 e. The molecule has 1 aliphatic heterocycles. The van der Waals surface area contributed by atoms with Crippen molar-refractivity contribution in [3.8, 4) is 0 Å². The van der Waals surface area contributed by atoms with Crippen LogP contribution in [0.5, 0.6) is 0 Å². The molecule has 0 bridgehead atoms. The second-order valence-electron chi connectivity index (χ2n) is 5.07. The lowest BCUT2D eigenvalue weighted by Crippen LogP contribution is -2.49. The van der Waals surface area contributed by atoms with Crippen molar-refractivity contribution in [3.05, 3.63) is 0 Å². The molecule has 0 aromatic carbocycles. The maximum atomic E-state index is 3.76. The van der Waals surface area contributed by atoms with E-state index in [1.165, 1.54) is 58.2 Å². The molecule has 0 amide bonds. The highest BCUT2D eigenvalue weighted by Gasteiger charge is 2.26. The lowest BCUT2D eigenvalue weighted by atomic mass is 9.99. The molecule has 1 fully saturated rings. The topological polar surface area (TPSA) is 15.3 Å². The fraction of sp³-hybridized carbons (Fsp3) is 1.00. The van der Waals surface area contributed by atoms with Gasteiger partial charge in [0.15, 0.2) is 0 Å². The van der Waals surface area contributed by atoms with Crippen LogP contribution in [0.15, 0.2) is 0 Å². The van der Waals surface area contributed by atoms with Crippen LogP contribution in [0.25, 0.3) is 0 Å². The van der Waals surface area contributed by atoms with Crippen molar-refractivity contribution in [3.63, 3.8) is 0 Å². The van der Waals surface area contributed by atoms with Crippen LogP contribution in [-0.4, -0.2) is 36.6 Å². The number of hydrogen-bond acceptors (Lipinski definition) is 2. The first-order valence-corrected chi connectivity index (χ1v) is 7.30. The number of hydrogen-bond donors (Lipinski definition) is 1. The number of nitrogens with zero attached hydrogens (tertiary/aromatic N) is 1. The molecule has 0 aliphatic carbocycles. The van der Waals surface area contributed by atoms with Gasteiger partial charge in [-0.05, 0) is 51.7 Å². The Morgan fingerprint density at radius 1 is 1.06 bits per heavy atom. The van der Waals surface area contributed by atoms with Crippen LogP contribution in [0.1, 0.15) is 59.3 Å². The van der Waals surface area contributed by atoms with Crippen LogP contribution < -0.4 is 5.32 Å². The number of likely N-dealkylation sites (tertiary alicyclic amines) is 1. The summed E-state index contributed by atoms with van der Waals surface area (Å²) in [6.45, 7) is 10.7. The molecule has 0 saturated carbocycles. The predicted molar refractivity (Wildman–Crippen MR) is 71.9 cm³/mol. The van der Waals surface area contributed by atoms with E-state index in [4.69, 9.17) is 0 Å². The van der Waals surface area contributed by atoms with Crippen LogP contribution in [0.2, 0.25) is 0 Å². The Labute approximate surface area is 102 Å². The minimum Gasteiger partial charge on any atom is -0.312 e. The molecule has 2 atom stereocenters. The summed E-state index contributed by atoms with van der Waals surface area (Å²) in [6.07, 6.45) is 7.98. The van der Waals surface area contributed by atoms with E-state index < -0.39 is 0 Å². The Kier molecular flexibility index (Phi) is 7.06. The van der Waals surface area contributed by atoms with Crippen molar-refractivity contribution >= 4 is 0 Å². The molecule has 2 heteroatoms. The Morgan fingerprint density at radius 2 is 1.75 bits per heavy atom. The van der Waals surface area contributed by atoms with Crippen molar-refractivity contribution in [2.75, 3.05) is 19.6 Å². The Morgan fingerprint density at radius 3 is 2.25 bits per heavy atom. The summed E-state index contributed by atoms with van der Waals surface area (Å²) in [5.41, 5.74) is 0. The molecule has 0 aromatic rings. The van der Waals surface area contributed by atoms with Crippen molar-refractivity contribution in [2.45, 2.75) is 71.4 Å². The van der Waals surface area contributed by atoms with Gasteiger partial charge in [0.05, 0.1) is 0 Å². The molecule has 1 N–H and O–H groups in total. The predicted octanol–water partition coefficient (Wildman–Crippen LogP) is 3.03. The Balaban J connectivity index is 2.49. The van der Waals surface area contributed by atoms with E-state index in [0.29, 0.717) is 6.04 Å². The molecular formula is C14H30N2. The van der Waals surface area contributed by atoms with Crippen LogP contribution in [0, 0.1) is 0 Å². The summed E-state index contributed by atoms with van der Waals surface area (Å²) in [4.78, 5) is 2.71. The highest BCUT2D eigenvalue weighted by Crippen LogP contribution is 2.19. The summed E-state index contributed by atoms with van der Waals surface area (Å²) in [7, 11) is 0. The Hall–Kier alpha value is -0.0800. The van der Waals surface area contributed by atoms with Gasteiger partial charge in [-0.2, -0.15) is 0 Å². The van der Waals surface area contributed by atoms with Gasteiger partial charge in [-0.15, -0.1) is 0 Å². The van der Waals surface area contributed by atoms with E-state index in [-0.39, 0.29) is 0 Å². The van der Waals surface area contributed by atoms with E-state index in [1.54, 1.807) is 0 Å². The highest BCUT2D eigenvalue weighted by atomic mass is 15.2. The fourth-order valence-corrected chi connectivity index (χ4v) is 2.94. The molecule has 96 valence electrons. The highest BCUT2D eigenvalue weighted by molar-refractivity contribution is 4.85. The molecule has 16 heavy (non-hydrogen) atoms. The average Bonchev–Trinajstić information content (AvgIpc) is 2.80. The van der Waals surface area contributed by atoms with Crippen molar-refractivity contribution in [2.24, 2.45) is 0 Å². The van der Waals surface area contributed by atoms with Crippen LogP contribution in [-0.2, 0) is 0 Å². The largest absolute Gasteiger partial charge is 0.312 e. The van der Waals surface area contributed by atoms with Gasteiger partial charge in [0, 0.05) is 12.1 Å². The molecule has 1 heterocycles. The summed E-state index contributed by atoms with van der Waals surface area (Å²) in [5, 5.41) is 3.76. The quantitative estimate of drug-likeness (QED) is 0.684. The Bertz CT molecular complexity index is 164. The lowest BCUT2D eigenvalue weighted by molar-refractivity contribution is 0.178. The monoisotopic (exact) mass is 226 g/mol. The third-order valence-corrected chi connectivity index (χ3v) is 3.75. The molecule has 0 spiro atoms. The van der Waals surface area contributed by atoms with Gasteiger partial charge in [0.2, 0.25) is 0 Å². The molecular weight excluding hydrogens is 196 g/mol. The number of nitrogens with one attached hydrogen (secondary N) is 1. The smallest absolute Gasteiger partial charge is 0.0246 e. The number of rotatable bonds is 8. The van der Waals surface area contributed by atoms with E-state index in [9.17, 15) is 0 Å². The summed E-state index contributed by atoms with van der Waals surface area (Å²) >= 11 is 0.